The van der Waals surface area contributed by atoms with Gasteiger partial charge < -0.3 is 4.74 Å². The van der Waals surface area contributed by atoms with Gasteiger partial charge in [-0.25, -0.2) is 13.2 Å². The summed E-state index contributed by atoms with van der Waals surface area (Å²) in [4.78, 5) is 12.7. The molecular weight excluding hydrogens is 384 g/mol. The third-order valence-electron chi connectivity index (χ3n) is 4.32. The Kier molecular flexibility index (Phi) is 5.02. The molecule has 0 fully saturated rings. The van der Waals surface area contributed by atoms with Gasteiger partial charge in [0.1, 0.15) is 5.60 Å². The Bertz CT molecular complexity index is 1040. The number of ether oxygens (including phenoxy) is 1. The molecule has 0 aliphatic carbocycles. The summed E-state index contributed by atoms with van der Waals surface area (Å²) in [6.45, 7) is 3.63. The minimum Gasteiger partial charge on any atom is -0.451 e. The Hall–Kier alpha value is -2.37. The van der Waals surface area contributed by atoms with Gasteiger partial charge in [0.2, 0.25) is 0 Å². The molecule has 27 heavy (non-hydrogen) atoms. The fourth-order valence-electron chi connectivity index (χ4n) is 3.04. The summed E-state index contributed by atoms with van der Waals surface area (Å²) < 4.78 is 28.9. The number of rotatable bonds is 4. The van der Waals surface area contributed by atoms with Gasteiger partial charge in [0.05, 0.1) is 10.5 Å². The van der Waals surface area contributed by atoms with Crippen molar-refractivity contribution in [2.75, 3.05) is 6.26 Å². The average Bonchev–Trinajstić information content (AvgIpc) is 2.82. The van der Waals surface area contributed by atoms with Gasteiger partial charge in [-0.1, -0.05) is 41.9 Å². The van der Waals surface area contributed by atoms with Gasteiger partial charge in [0.15, 0.2) is 9.84 Å². The third kappa shape index (κ3) is 4.15. The van der Waals surface area contributed by atoms with Crippen molar-refractivity contribution in [1.29, 1.82) is 0 Å². The molecule has 1 aliphatic rings. The van der Waals surface area contributed by atoms with E-state index in [1.807, 2.05) is 32.1 Å². The van der Waals surface area contributed by atoms with E-state index in [1.165, 1.54) is 12.1 Å². The number of hydrogen-bond acceptors (Lipinski definition) is 4. The summed E-state index contributed by atoms with van der Waals surface area (Å²) in [5, 5.41) is 0.638. The predicted molar refractivity (Wildman–Crippen MR) is 107 cm³/mol. The van der Waals surface area contributed by atoms with Gasteiger partial charge in [-0.05, 0) is 55.3 Å². The standard InChI is InChI=1S/C21H19ClO4S/c1-21(2)19(15-7-11-17(12-8-15)27(3,24)25)18(20(23)26-21)13-6-14-4-9-16(22)10-5-14/h4-13H,1-3H3/b13-6+. The van der Waals surface area contributed by atoms with Crippen LogP contribution in [0.3, 0.4) is 0 Å². The number of esters is 1. The van der Waals surface area contributed by atoms with E-state index in [4.69, 9.17) is 16.3 Å². The maximum Gasteiger partial charge on any atom is 0.339 e. The molecule has 0 atom stereocenters. The van der Waals surface area contributed by atoms with Gasteiger partial charge >= 0.3 is 5.97 Å². The minimum atomic E-state index is -3.28. The first-order chi connectivity index (χ1) is 12.6. The number of carbonyl (C=O) groups excluding carboxylic acids is 1. The number of hydrogen-bond donors (Lipinski definition) is 0. The van der Waals surface area contributed by atoms with Crippen molar-refractivity contribution >= 4 is 39.1 Å². The molecule has 140 valence electrons. The van der Waals surface area contributed by atoms with Crippen LogP contribution in [-0.4, -0.2) is 26.2 Å². The Morgan fingerprint density at radius 2 is 1.56 bits per heavy atom. The average molecular weight is 403 g/mol. The molecule has 1 heterocycles. The van der Waals surface area contributed by atoms with Gasteiger partial charge in [-0.2, -0.15) is 0 Å². The Morgan fingerprint density at radius 1 is 0.963 bits per heavy atom. The fraction of sp³-hybridized carbons (Fsp3) is 0.190. The third-order valence-corrected chi connectivity index (χ3v) is 5.70. The van der Waals surface area contributed by atoms with Crippen molar-refractivity contribution in [3.63, 3.8) is 0 Å². The highest BCUT2D eigenvalue weighted by atomic mass is 35.5. The van der Waals surface area contributed by atoms with Crippen LogP contribution in [0, 0.1) is 0 Å². The van der Waals surface area contributed by atoms with E-state index < -0.39 is 21.4 Å². The summed E-state index contributed by atoms with van der Waals surface area (Å²) in [5.41, 5.74) is 1.99. The smallest absolute Gasteiger partial charge is 0.339 e. The zero-order valence-corrected chi connectivity index (χ0v) is 16.8. The molecule has 2 aromatic rings. The second kappa shape index (κ2) is 6.98. The second-order valence-electron chi connectivity index (χ2n) is 6.87. The maximum absolute atomic E-state index is 12.4. The minimum absolute atomic E-state index is 0.230. The summed E-state index contributed by atoms with van der Waals surface area (Å²) in [7, 11) is -3.28. The van der Waals surface area contributed by atoms with Crippen LogP contribution < -0.4 is 0 Å². The zero-order chi connectivity index (χ0) is 19.8. The molecule has 0 saturated carbocycles. The van der Waals surface area contributed by atoms with Crippen molar-refractivity contribution < 1.29 is 17.9 Å². The number of cyclic esters (lactones) is 1. The fourth-order valence-corrected chi connectivity index (χ4v) is 3.80. The lowest BCUT2D eigenvalue weighted by atomic mass is 9.89. The van der Waals surface area contributed by atoms with Crippen LogP contribution in [0.25, 0.3) is 11.6 Å². The van der Waals surface area contributed by atoms with Crippen molar-refractivity contribution in [3.05, 3.63) is 76.3 Å². The highest BCUT2D eigenvalue weighted by Gasteiger charge is 2.40. The largest absolute Gasteiger partial charge is 0.451 e. The van der Waals surface area contributed by atoms with Crippen LogP contribution in [0.4, 0.5) is 0 Å². The first kappa shape index (κ1) is 19.4. The van der Waals surface area contributed by atoms with Gasteiger partial charge in [-0.15, -0.1) is 0 Å². The molecular formula is C21H19ClO4S. The molecule has 0 aromatic heterocycles. The van der Waals surface area contributed by atoms with E-state index >= 15 is 0 Å². The lowest BCUT2D eigenvalue weighted by molar-refractivity contribution is -0.143. The van der Waals surface area contributed by atoms with E-state index in [0.717, 1.165) is 23.0 Å². The molecule has 6 heteroatoms. The van der Waals surface area contributed by atoms with E-state index in [-0.39, 0.29) is 4.90 Å². The zero-order valence-electron chi connectivity index (χ0n) is 15.2. The van der Waals surface area contributed by atoms with Gasteiger partial charge in [0, 0.05) is 16.9 Å². The van der Waals surface area contributed by atoms with Gasteiger partial charge in [-0.3, -0.25) is 0 Å². The van der Waals surface area contributed by atoms with E-state index in [0.29, 0.717) is 10.6 Å². The molecule has 2 aromatic carbocycles. The van der Waals surface area contributed by atoms with E-state index in [1.54, 1.807) is 30.3 Å². The Labute approximate surface area is 164 Å². The van der Waals surface area contributed by atoms with Crippen LogP contribution >= 0.6 is 11.6 Å². The van der Waals surface area contributed by atoms with Crippen molar-refractivity contribution in [3.8, 4) is 0 Å². The molecule has 0 bridgehead atoms. The topological polar surface area (TPSA) is 60.4 Å². The normalized spacial score (nSPS) is 16.8. The molecule has 0 radical (unpaired) electrons. The van der Waals surface area contributed by atoms with Crippen molar-refractivity contribution in [1.82, 2.24) is 0 Å². The Morgan fingerprint density at radius 3 is 2.11 bits per heavy atom. The second-order valence-corrected chi connectivity index (χ2v) is 9.32. The number of benzene rings is 2. The molecule has 0 N–H and O–H groups in total. The maximum atomic E-state index is 12.4. The van der Waals surface area contributed by atoms with Crippen LogP contribution in [0.1, 0.15) is 25.0 Å². The summed E-state index contributed by atoms with van der Waals surface area (Å²) in [6, 6.07) is 13.7. The van der Waals surface area contributed by atoms with Gasteiger partial charge in [0.25, 0.3) is 0 Å². The molecule has 0 spiro atoms. The lowest BCUT2D eigenvalue weighted by Crippen LogP contribution is -2.22. The SMILES string of the molecule is CC1(C)OC(=O)C(/C=C/c2ccc(Cl)cc2)=C1c1ccc(S(C)(=O)=O)cc1. The monoisotopic (exact) mass is 402 g/mol. The number of carbonyl (C=O) groups is 1. The highest BCUT2D eigenvalue weighted by molar-refractivity contribution is 7.90. The lowest BCUT2D eigenvalue weighted by Gasteiger charge is -2.21. The van der Waals surface area contributed by atoms with E-state index in [9.17, 15) is 13.2 Å². The first-order valence-electron chi connectivity index (χ1n) is 8.30. The van der Waals surface area contributed by atoms with Crippen molar-refractivity contribution in [2.45, 2.75) is 24.3 Å². The number of halogens is 1. The Balaban J connectivity index is 2.06. The number of sulfone groups is 1. The quantitative estimate of drug-likeness (QED) is 0.704. The van der Waals surface area contributed by atoms with Crippen molar-refractivity contribution in [2.24, 2.45) is 0 Å². The van der Waals surface area contributed by atoms with Crippen LogP contribution in [0.15, 0.2) is 65.1 Å². The summed E-state index contributed by atoms with van der Waals surface area (Å²) in [5.74, 6) is -0.410. The van der Waals surface area contributed by atoms with Crippen LogP contribution in [0.5, 0.6) is 0 Å². The molecule has 0 saturated heterocycles. The molecule has 3 rings (SSSR count). The van der Waals surface area contributed by atoms with Crippen LogP contribution in [0.2, 0.25) is 5.02 Å². The molecule has 0 amide bonds. The first-order valence-corrected chi connectivity index (χ1v) is 10.6. The van der Waals surface area contributed by atoms with E-state index in [2.05, 4.69) is 0 Å². The molecule has 4 nitrogen and oxygen atoms in total. The summed E-state index contributed by atoms with van der Waals surface area (Å²) in [6.07, 6.45) is 4.70. The summed E-state index contributed by atoms with van der Waals surface area (Å²) >= 11 is 5.90. The highest BCUT2D eigenvalue weighted by Crippen LogP contribution is 2.40. The molecule has 1 aliphatic heterocycles. The van der Waals surface area contributed by atoms with Crippen LogP contribution in [-0.2, 0) is 19.4 Å². The molecule has 0 unspecified atom stereocenters. The predicted octanol–water partition coefficient (Wildman–Crippen LogP) is 4.55.